The summed E-state index contributed by atoms with van der Waals surface area (Å²) in [6, 6.07) is 13.6. The highest BCUT2D eigenvalue weighted by atomic mass is 19.1. The van der Waals surface area contributed by atoms with Gasteiger partial charge in [0.25, 0.3) is 0 Å². The minimum Gasteiger partial charge on any atom is -0.361 e. The van der Waals surface area contributed by atoms with Gasteiger partial charge in [0.2, 0.25) is 5.91 Å². The first-order valence-electron chi connectivity index (χ1n) is 13.5. The molecule has 1 N–H and O–H groups in total. The van der Waals surface area contributed by atoms with Crippen LogP contribution in [0.3, 0.4) is 0 Å². The zero-order valence-electron chi connectivity index (χ0n) is 21.8. The third-order valence-corrected chi connectivity index (χ3v) is 8.26. The molecule has 0 radical (unpaired) electrons. The highest BCUT2D eigenvalue weighted by Crippen LogP contribution is 2.31. The van der Waals surface area contributed by atoms with Crippen molar-refractivity contribution in [1.29, 1.82) is 0 Å². The Morgan fingerprint density at radius 2 is 1.82 bits per heavy atom. The van der Waals surface area contributed by atoms with Gasteiger partial charge in [-0.2, -0.15) is 0 Å². The van der Waals surface area contributed by atoms with Crippen LogP contribution in [0.1, 0.15) is 36.4 Å². The summed E-state index contributed by atoms with van der Waals surface area (Å²) in [4.78, 5) is 22.7. The summed E-state index contributed by atoms with van der Waals surface area (Å²) in [5.74, 6) is -0.0607. The van der Waals surface area contributed by atoms with Crippen LogP contribution in [-0.2, 0) is 11.2 Å². The van der Waals surface area contributed by atoms with Crippen molar-refractivity contribution in [1.82, 2.24) is 34.4 Å². The summed E-state index contributed by atoms with van der Waals surface area (Å²) in [6.07, 6.45) is 9.78. The monoisotopic (exact) mass is 515 g/mol. The van der Waals surface area contributed by atoms with Crippen LogP contribution in [0.25, 0.3) is 16.6 Å². The van der Waals surface area contributed by atoms with Crippen molar-refractivity contribution in [2.45, 2.75) is 37.8 Å². The van der Waals surface area contributed by atoms with Gasteiger partial charge in [0.05, 0.1) is 12.6 Å². The molecule has 0 aliphatic carbocycles. The lowest BCUT2D eigenvalue weighted by molar-refractivity contribution is -0.139. The Labute approximate surface area is 222 Å². The number of aryl methyl sites for hydroxylation is 1. The zero-order chi connectivity index (χ0) is 26.1. The summed E-state index contributed by atoms with van der Waals surface area (Å²) in [7, 11) is 1.86. The number of hydrogen-bond acceptors (Lipinski definition) is 5. The van der Waals surface area contributed by atoms with Crippen molar-refractivity contribution >= 4 is 16.8 Å². The van der Waals surface area contributed by atoms with Gasteiger partial charge in [-0.25, -0.2) is 4.39 Å². The van der Waals surface area contributed by atoms with Gasteiger partial charge < -0.3 is 14.8 Å². The van der Waals surface area contributed by atoms with Gasteiger partial charge >= 0.3 is 0 Å². The molecule has 2 aromatic carbocycles. The molecule has 1 amide bonds. The van der Waals surface area contributed by atoms with Crippen molar-refractivity contribution in [3.8, 4) is 5.69 Å². The number of aromatic amines is 1. The zero-order valence-corrected chi connectivity index (χ0v) is 21.8. The van der Waals surface area contributed by atoms with Gasteiger partial charge in [-0.05, 0) is 86.8 Å². The number of nitrogens with one attached hydrogen (secondary N) is 1. The number of piperazine rings is 1. The number of carbonyl (C=O) groups excluding carboxylic acids is 1. The fourth-order valence-electron chi connectivity index (χ4n) is 6.05. The molecule has 8 nitrogen and oxygen atoms in total. The smallest absolute Gasteiger partial charge is 0.236 e. The van der Waals surface area contributed by atoms with Gasteiger partial charge in [-0.15, -0.1) is 10.2 Å². The first kappa shape index (κ1) is 24.8. The van der Waals surface area contributed by atoms with Crippen LogP contribution in [0.2, 0.25) is 0 Å². The summed E-state index contributed by atoms with van der Waals surface area (Å²) in [5.41, 5.74) is 4.63. The number of hydrogen-bond donors (Lipinski definition) is 1. The number of H-pyrrole nitrogens is 1. The van der Waals surface area contributed by atoms with Crippen molar-refractivity contribution in [3.63, 3.8) is 0 Å². The number of likely N-dealkylation sites (tertiary alicyclic amines) is 1. The predicted octanol–water partition coefficient (Wildman–Crippen LogP) is 3.80. The molecule has 198 valence electrons. The van der Waals surface area contributed by atoms with E-state index in [-0.39, 0.29) is 17.8 Å². The summed E-state index contributed by atoms with van der Waals surface area (Å²) in [6.45, 7) is 4.21. The van der Waals surface area contributed by atoms with Crippen molar-refractivity contribution in [2.24, 2.45) is 0 Å². The molecule has 2 aliphatic rings. The number of piperidine rings is 1. The van der Waals surface area contributed by atoms with E-state index in [0.717, 1.165) is 62.1 Å². The van der Waals surface area contributed by atoms with Crippen LogP contribution in [-0.4, -0.2) is 86.2 Å². The topological polar surface area (TPSA) is 73.3 Å². The number of carbonyl (C=O) groups is 1. The highest BCUT2D eigenvalue weighted by Gasteiger charge is 2.36. The lowest BCUT2D eigenvalue weighted by Crippen LogP contribution is -2.56. The minimum absolute atomic E-state index is 0.111. The Kier molecular flexibility index (Phi) is 6.95. The molecule has 38 heavy (non-hydrogen) atoms. The lowest BCUT2D eigenvalue weighted by Gasteiger charge is -2.46. The lowest BCUT2D eigenvalue weighted by atomic mass is 9.95. The molecule has 2 saturated heterocycles. The molecule has 4 heterocycles. The quantitative estimate of drug-likeness (QED) is 0.405. The number of likely N-dealkylation sites (N-methyl/N-ethyl adjacent to an activating group) is 1. The van der Waals surface area contributed by atoms with Gasteiger partial charge in [0, 0.05) is 42.4 Å². The van der Waals surface area contributed by atoms with Gasteiger partial charge in [0.15, 0.2) is 0 Å². The van der Waals surface area contributed by atoms with E-state index in [1.165, 1.54) is 23.1 Å². The number of rotatable bonds is 7. The first-order chi connectivity index (χ1) is 18.5. The maximum Gasteiger partial charge on any atom is 0.236 e. The number of halogens is 1. The third-order valence-electron chi connectivity index (χ3n) is 8.26. The maximum absolute atomic E-state index is 13.5. The summed E-state index contributed by atoms with van der Waals surface area (Å²) < 4.78 is 15.5. The second-order valence-electron chi connectivity index (χ2n) is 10.6. The fraction of sp³-hybridized carbons (Fsp3) is 0.414. The van der Waals surface area contributed by atoms with E-state index >= 15 is 0 Å². The van der Waals surface area contributed by atoms with E-state index in [2.05, 4.69) is 49.4 Å². The van der Waals surface area contributed by atoms with Gasteiger partial charge in [0.1, 0.15) is 18.5 Å². The molecule has 2 aromatic heterocycles. The Hall–Kier alpha value is -3.56. The van der Waals surface area contributed by atoms with Crippen molar-refractivity contribution in [2.75, 3.05) is 39.8 Å². The molecule has 0 spiro atoms. The van der Waals surface area contributed by atoms with E-state index in [0.29, 0.717) is 19.1 Å². The van der Waals surface area contributed by atoms with Crippen molar-refractivity contribution in [3.05, 3.63) is 78.3 Å². The predicted molar refractivity (Wildman–Crippen MR) is 144 cm³/mol. The molecule has 1 unspecified atom stereocenters. The van der Waals surface area contributed by atoms with E-state index in [9.17, 15) is 9.18 Å². The van der Waals surface area contributed by atoms with E-state index in [4.69, 9.17) is 0 Å². The van der Waals surface area contributed by atoms with Gasteiger partial charge in [-0.3, -0.25) is 14.3 Å². The minimum atomic E-state index is -0.225. The molecule has 0 saturated carbocycles. The standard InChI is InChI=1S/C29H34FN7O/c1-34-17-28(21-4-6-23(30)7-5-21)37(18-29(34)38)24-10-13-35(14-11-24)12-2-3-22-16-31-27-9-8-25(15-26(22)27)36-19-32-33-20-36/h4-9,15-16,19-20,24,28,31H,2-3,10-14,17-18H2,1H3. The molecule has 1 atom stereocenters. The van der Waals surface area contributed by atoms with Crippen LogP contribution in [0.15, 0.2) is 61.3 Å². The van der Waals surface area contributed by atoms with Crippen LogP contribution >= 0.6 is 0 Å². The summed E-state index contributed by atoms with van der Waals surface area (Å²) >= 11 is 0. The average Bonchev–Trinajstić information content (AvgIpc) is 3.61. The van der Waals surface area contributed by atoms with E-state index in [1.807, 2.05) is 23.7 Å². The van der Waals surface area contributed by atoms with Crippen LogP contribution in [0.4, 0.5) is 4.39 Å². The van der Waals surface area contributed by atoms with Crippen LogP contribution < -0.4 is 0 Å². The number of aromatic nitrogens is 4. The Balaban J connectivity index is 1.05. The normalized spacial score (nSPS) is 20.0. The second-order valence-corrected chi connectivity index (χ2v) is 10.6. The largest absolute Gasteiger partial charge is 0.361 e. The van der Waals surface area contributed by atoms with Gasteiger partial charge in [-0.1, -0.05) is 12.1 Å². The van der Waals surface area contributed by atoms with Crippen LogP contribution in [0, 0.1) is 5.82 Å². The summed E-state index contributed by atoms with van der Waals surface area (Å²) in [5, 5.41) is 9.09. The second kappa shape index (κ2) is 10.7. The average molecular weight is 516 g/mol. The molecular weight excluding hydrogens is 481 g/mol. The van der Waals surface area contributed by atoms with Crippen molar-refractivity contribution < 1.29 is 9.18 Å². The maximum atomic E-state index is 13.5. The number of fused-ring (bicyclic) bond motifs is 1. The fourth-order valence-corrected chi connectivity index (χ4v) is 6.05. The molecular formula is C29H34FN7O. The number of nitrogens with zero attached hydrogens (tertiary/aromatic N) is 6. The van der Waals surface area contributed by atoms with Crippen LogP contribution in [0.5, 0.6) is 0 Å². The number of benzene rings is 2. The SMILES string of the molecule is CN1CC(c2ccc(F)cc2)N(C2CCN(CCCc3c[nH]c4ccc(-n5cnnc5)cc34)CC2)CC1=O. The Morgan fingerprint density at radius 1 is 1.05 bits per heavy atom. The van der Waals surface area contributed by atoms with E-state index in [1.54, 1.807) is 17.6 Å². The highest BCUT2D eigenvalue weighted by molar-refractivity contribution is 5.85. The molecule has 2 aliphatic heterocycles. The molecule has 9 heteroatoms. The molecule has 0 bridgehead atoms. The van der Waals surface area contributed by atoms with E-state index < -0.39 is 0 Å². The molecule has 2 fully saturated rings. The molecule has 6 rings (SSSR count). The first-order valence-corrected chi connectivity index (χ1v) is 13.5. The Bertz CT molecular complexity index is 1380. The number of amides is 1. The molecule has 4 aromatic rings. The Morgan fingerprint density at radius 3 is 2.58 bits per heavy atom. The third kappa shape index (κ3) is 5.08.